The zero-order valence-electron chi connectivity index (χ0n) is 10.5. The van der Waals surface area contributed by atoms with Gasteiger partial charge >= 0.3 is 12.1 Å². The van der Waals surface area contributed by atoms with Crippen molar-refractivity contribution in [3.05, 3.63) is 0 Å². The van der Waals surface area contributed by atoms with Gasteiger partial charge in [-0.15, -0.1) is 0 Å². The first-order valence-electron chi connectivity index (χ1n) is 5.44. The van der Waals surface area contributed by atoms with Crippen LogP contribution in [0.4, 0.5) is 4.79 Å². The highest BCUT2D eigenvalue weighted by Gasteiger charge is 2.50. The molecular formula is C11H18BrNO4. The third kappa shape index (κ3) is 3.12. The minimum Gasteiger partial charge on any atom is -0.480 e. The quantitative estimate of drug-likeness (QED) is 0.754. The number of likely N-dealkylation sites (tertiary alicyclic amines) is 1. The first-order chi connectivity index (χ1) is 7.56. The largest absolute Gasteiger partial charge is 0.480 e. The first-order valence-corrected chi connectivity index (χ1v) is 6.36. The zero-order valence-corrected chi connectivity index (χ0v) is 12.1. The van der Waals surface area contributed by atoms with E-state index in [9.17, 15) is 14.7 Å². The molecule has 1 heterocycles. The fourth-order valence-corrected chi connectivity index (χ4v) is 2.72. The lowest BCUT2D eigenvalue weighted by Crippen LogP contribution is -2.52. The van der Waals surface area contributed by atoms with Crippen molar-refractivity contribution in [1.29, 1.82) is 0 Å². The number of carbonyl (C=O) groups excluding carboxylic acids is 1. The van der Waals surface area contributed by atoms with E-state index in [-0.39, 0.29) is 4.83 Å². The van der Waals surface area contributed by atoms with Crippen molar-refractivity contribution in [1.82, 2.24) is 4.90 Å². The number of carboxylic acid groups (broad SMARTS) is 1. The van der Waals surface area contributed by atoms with Crippen molar-refractivity contribution >= 4 is 28.0 Å². The SMILES string of the molecule is CC(C)(C)OC(=O)N1C[C@H](Br)C[C@@]1(C)C(=O)O. The van der Waals surface area contributed by atoms with Crippen molar-refractivity contribution < 1.29 is 19.4 Å². The Morgan fingerprint density at radius 1 is 1.47 bits per heavy atom. The van der Waals surface area contributed by atoms with E-state index in [1.807, 2.05) is 0 Å². The Hall–Kier alpha value is -0.780. The van der Waals surface area contributed by atoms with Crippen LogP contribution in [0.5, 0.6) is 0 Å². The molecule has 2 atom stereocenters. The van der Waals surface area contributed by atoms with Gasteiger partial charge in [0.15, 0.2) is 0 Å². The molecule has 0 radical (unpaired) electrons. The minimum absolute atomic E-state index is 0.0175. The number of hydrogen-bond donors (Lipinski definition) is 1. The van der Waals surface area contributed by atoms with Crippen molar-refractivity contribution in [2.24, 2.45) is 0 Å². The Labute approximate surface area is 109 Å². The molecule has 6 heteroatoms. The van der Waals surface area contributed by atoms with Crippen LogP contribution in [0, 0.1) is 0 Å². The summed E-state index contributed by atoms with van der Waals surface area (Å²) in [6, 6.07) is 0. The number of carbonyl (C=O) groups is 2. The molecule has 0 unspecified atom stereocenters. The number of carboxylic acids is 1. The Kier molecular flexibility index (Phi) is 3.76. The van der Waals surface area contributed by atoms with E-state index in [0.29, 0.717) is 13.0 Å². The highest BCUT2D eigenvalue weighted by atomic mass is 79.9. The molecule has 0 aliphatic carbocycles. The van der Waals surface area contributed by atoms with Crippen LogP contribution in [-0.2, 0) is 9.53 Å². The number of halogens is 1. The molecule has 0 saturated carbocycles. The second-order valence-electron chi connectivity index (χ2n) is 5.47. The van der Waals surface area contributed by atoms with E-state index in [1.165, 1.54) is 4.90 Å². The maximum absolute atomic E-state index is 11.9. The van der Waals surface area contributed by atoms with Gasteiger partial charge in [0.2, 0.25) is 0 Å². The first kappa shape index (κ1) is 14.3. The number of nitrogens with zero attached hydrogens (tertiary/aromatic N) is 1. The van der Waals surface area contributed by atoms with Crippen molar-refractivity contribution in [2.45, 2.75) is 50.1 Å². The number of ether oxygens (including phenoxy) is 1. The lowest BCUT2D eigenvalue weighted by Gasteiger charge is -2.32. The minimum atomic E-state index is -1.20. The fourth-order valence-electron chi connectivity index (χ4n) is 1.80. The number of rotatable bonds is 1. The van der Waals surface area contributed by atoms with Gasteiger partial charge in [-0.25, -0.2) is 9.59 Å². The van der Waals surface area contributed by atoms with E-state index < -0.39 is 23.2 Å². The predicted octanol–water partition coefficient (Wildman–Crippen LogP) is 2.23. The molecule has 17 heavy (non-hydrogen) atoms. The molecule has 0 aromatic carbocycles. The third-order valence-electron chi connectivity index (χ3n) is 2.67. The fraction of sp³-hybridized carbons (Fsp3) is 0.818. The lowest BCUT2D eigenvalue weighted by molar-refractivity contribution is -0.148. The van der Waals surface area contributed by atoms with Crippen LogP contribution in [-0.4, -0.2) is 44.6 Å². The van der Waals surface area contributed by atoms with Gasteiger partial charge in [0.1, 0.15) is 11.1 Å². The van der Waals surface area contributed by atoms with Gasteiger partial charge in [0.25, 0.3) is 0 Å². The molecule has 1 rings (SSSR count). The molecule has 1 aliphatic heterocycles. The molecule has 1 aliphatic rings. The summed E-state index contributed by atoms with van der Waals surface area (Å²) in [6.07, 6.45) is -0.203. The maximum atomic E-state index is 11.9. The Bertz CT molecular complexity index is 339. The molecule has 98 valence electrons. The van der Waals surface area contributed by atoms with E-state index in [1.54, 1.807) is 27.7 Å². The highest BCUT2D eigenvalue weighted by Crippen LogP contribution is 2.34. The van der Waals surface area contributed by atoms with Gasteiger partial charge in [0.05, 0.1) is 0 Å². The van der Waals surface area contributed by atoms with Gasteiger partial charge in [-0.05, 0) is 34.1 Å². The van der Waals surface area contributed by atoms with Crippen LogP contribution in [0.15, 0.2) is 0 Å². The smallest absolute Gasteiger partial charge is 0.411 e. The molecule has 1 N–H and O–H groups in total. The Morgan fingerprint density at radius 2 is 2.00 bits per heavy atom. The lowest BCUT2D eigenvalue weighted by atomic mass is 10.00. The Balaban J connectivity index is 2.88. The van der Waals surface area contributed by atoms with Gasteiger partial charge < -0.3 is 9.84 Å². The standard InChI is InChI=1S/C11H18BrNO4/c1-10(2,3)17-9(16)13-6-7(12)5-11(13,4)8(14)15/h7H,5-6H2,1-4H3,(H,14,15)/t7-,11+/m1/s1. The molecule has 1 saturated heterocycles. The summed E-state index contributed by atoms with van der Waals surface area (Å²) in [5.74, 6) is -1.01. The van der Waals surface area contributed by atoms with Gasteiger partial charge in [0, 0.05) is 11.4 Å². The monoisotopic (exact) mass is 307 g/mol. The molecule has 0 spiro atoms. The number of alkyl halides is 1. The summed E-state index contributed by atoms with van der Waals surface area (Å²) in [6.45, 7) is 7.15. The zero-order chi connectivity index (χ0) is 13.4. The van der Waals surface area contributed by atoms with Crippen LogP contribution in [0.1, 0.15) is 34.1 Å². The van der Waals surface area contributed by atoms with Gasteiger partial charge in [-0.2, -0.15) is 0 Å². The van der Waals surface area contributed by atoms with E-state index in [2.05, 4.69) is 15.9 Å². The maximum Gasteiger partial charge on any atom is 0.411 e. The summed E-state index contributed by atoms with van der Waals surface area (Å²) in [7, 11) is 0. The highest BCUT2D eigenvalue weighted by molar-refractivity contribution is 9.09. The third-order valence-corrected chi connectivity index (χ3v) is 3.28. The summed E-state index contributed by atoms with van der Waals surface area (Å²) < 4.78 is 5.22. The van der Waals surface area contributed by atoms with E-state index in [0.717, 1.165) is 0 Å². The average Bonchev–Trinajstić information content (AvgIpc) is 2.40. The van der Waals surface area contributed by atoms with E-state index >= 15 is 0 Å². The summed E-state index contributed by atoms with van der Waals surface area (Å²) in [5, 5.41) is 9.24. The molecule has 1 fully saturated rings. The normalized spacial score (nSPS) is 29.2. The molecule has 0 bridgehead atoms. The van der Waals surface area contributed by atoms with Crippen molar-refractivity contribution in [2.75, 3.05) is 6.54 Å². The Morgan fingerprint density at radius 3 is 2.41 bits per heavy atom. The van der Waals surface area contributed by atoms with Crippen molar-refractivity contribution in [3.63, 3.8) is 0 Å². The van der Waals surface area contributed by atoms with Gasteiger partial charge in [-0.3, -0.25) is 4.90 Å². The van der Waals surface area contributed by atoms with Crippen LogP contribution >= 0.6 is 15.9 Å². The number of aliphatic carboxylic acids is 1. The van der Waals surface area contributed by atoms with Crippen LogP contribution in [0.25, 0.3) is 0 Å². The molecular weight excluding hydrogens is 290 g/mol. The van der Waals surface area contributed by atoms with Crippen LogP contribution in [0.3, 0.4) is 0 Å². The molecule has 5 nitrogen and oxygen atoms in total. The predicted molar refractivity (Wildman–Crippen MR) is 66.3 cm³/mol. The summed E-state index contributed by atoms with van der Waals surface area (Å²) >= 11 is 3.36. The molecule has 1 amide bonds. The van der Waals surface area contributed by atoms with E-state index in [4.69, 9.17) is 4.74 Å². The van der Waals surface area contributed by atoms with Crippen molar-refractivity contribution in [3.8, 4) is 0 Å². The van der Waals surface area contributed by atoms with Crippen LogP contribution in [0.2, 0.25) is 0 Å². The summed E-state index contributed by atoms with van der Waals surface area (Å²) in [5.41, 5.74) is -1.82. The topological polar surface area (TPSA) is 66.8 Å². The molecule has 0 aromatic rings. The van der Waals surface area contributed by atoms with Crippen LogP contribution < -0.4 is 0 Å². The summed E-state index contributed by atoms with van der Waals surface area (Å²) in [4.78, 5) is 24.5. The number of amides is 1. The molecule has 0 aromatic heterocycles. The second-order valence-corrected chi connectivity index (χ2v) is 6.77. The second kappa shape index (κ2) is 4.48. The average molecular weight is 308 g/mol. The number of hydrogen-bond acceptors (Lipinski definition) is 3. The van der Waals surface area contributed by atoms with Gasteiger partial charge in [-0.1, -0.05) is 15.9 Å².